The number of carbonyl (C=O) groups excluding carboxylic acids is 2. The standard InChI is InChI=1S/C20H23F6N3O3/c21-19(22,23)18(6-7-18)28-16(30)12-29-8-4-13(5-9-29)11-27-17(31)14-2-1-3-15(10-14)32-20(24,25)26/h1-3,10,13H,4-9,11-12H2,(H,27,31)(H,28,30). The summed E-state index contributed by atoms with van der Waals surface area (Å²) in [6, 6.07) is 4.74. The van der Waals surface area contributed by atoms with Gasteiger partial charge in [0.1, 0.15) is 11.3 Å². The predicted octanol–water partition coefficient (Wildman–Crippen LogP) is 3.24. The summed E-state index contributed by atoms with van der Waals surface area (Å²) < 4.78 is 79.5. The van der Waals surface area contributed by atoms with Gasteiger partial charge < -0.3 is 15.4 Å². The Morgan fingerprint density at radius 3 is 2.31 bits per heavy atom. The molecular weight excluding hydrogens is 444 g/mol. The molecule has 1 saturated carbocycles. The SMILES string of the molecule is O=C(CN1CCC(CNC(=O)c2cccc(OC(F)(F)F)c2)CC1)NC1(C(F)(F)F)CC1. The summed E-state index contributed by atoms with van der Waals surface area (Å²) in [7, 11) is 0. The van der Waals surface area contributed by atoms with Crippen molar-refractivity contribution in [3.8, 4) is 5.75 Å². The van der Waals surface area contributed by atoms with Crippen LogP contribution >= 0.6 is 0 Å². The van der Waals surface area contributed by atoms with Crippen molar-refractivity contribution in [2.24, 2.45) is 5.92 Å². The van der Waals surface area contributed by atoms with E-state index in [4.69, 9.17) is 0 Å². The van der Waals surface area contributed by atoms with Gasteiger partial charge in [-0.3, -0.25) is 14.5 Å². The highest BCUT2D eigenvalue weighted by Gasteiger charge is 2.64. The molecule has 1 aromatic carbocycles. The molecule has 0 spiro atoms. The largest absolute Gasteiger partial charge is 0.573 e. The van der Waals surface area contributed by atoms with Gasteiger partial charge in [0.25, 0.3) is 5.91 Å². The van der Waals surface area contributed by atoms with Crippen LogP contribution in [0.4, 0.5) is 26.3 Å². The van der Waals surface area contributed by atoms with E-state index in [2.05, 4.69) is 15.4 Å². The number of amides is 2. The smallest absolute Gasteiger partial charge is 0.406 e. The summed E-state index contributed by atoms with van der Waals surface area (Å²) in [5.74, 6) is -1.61. The number of nitrogens with one attached hydrogen (secondary N) is 2. The second-order valence-corrected chi connectivity index (χ2v) is 8.13. The highest BCUT2D eigenvalue weighted by Crippen LogP contribution is 2.48. The molecule has 1 aliphatic heterocycles. The first-order chi connectivity index (χ1) is 14.9. The van der Waals surface area contributed by atoms with E-state index in [1.54, 1.807) is 4.90 Å². The fourth-order valence-corrected chi connectivity index (χ4v) is 3.64. The lowest BCUT2D eigenvalue weighted by Gasteiger charge is -2.32. The third-order valence-corrected chi connectivity index (χ3v) is 5.63. The van der Waals surface area contributed by atoms with E-state index < -0.39 is 35.6 Å². The molecule has 0 bridgehead atoms. The number of alkyl halides is 6. The highest BCUT2D eigenvalue weighted by atomic mass is 19.4. The fraction of sp³-hybridized carbons (Fsp3) is 0.600. The Balaban J connectivity index is 1.39. The number of ether oxygens (including phenoxy) is 1. The molecule has 2 amide bonds. The van der Waals surface area contributed by atoms with E-state index in [-0.39, 0.29) is 30.9 Å². The second kappa shape index (κ2) is 9.16. The maximum absolute atomic E-state index is 12.9. The third-order valence-electron chi connectivity index (χ3n) is 5.63. The molecule has 3 rings (SSSR count). The molecule has 32 heavy (non-hydrogen) atoms. The van der Waals surface area contributed by atoms with Crippen LogP contribution in [0.1, 0.15) is 36.0 Å². The van der Waals surface area contributed by atoms with Crippen LogP contribution in [0.25, 0.3) is 0 Å². The summed E-state index contributed by atoms with van der Waals surface area (Å²) in [6.07, 6.45) is -8.27. The molecule has 2 N–H and O–H groups in total. The van der Waals surface area contributed by atoms with Crippen LogP contribution in [-0.4, -0.2) is 61.0 Å². The first-order valence-corrected chi connectivity index (χ1v) is 10.1. The first kappa shape index (κ1) is 24.1. The molecular formula is C20H23F6N3O3. The number of piperidine rings is 1. The van der Waals surface area contributed by atoms with Gasteiger partial charge in [0, 0.05) is 12.1 Å². The zero-order chi connectivity index (χ0) is 23.6. The maximum atomic E-state index is 12.9. The minimum atomic E-state index is -4.86. The normalized spacial score (nSPS) is 19.3. The number of likely N-dealkylation sites (tertiary alicyclic amines) is 1. The van der Waals surface area contributed by atoms with E-state index in [9.17, 15) is 35.9 Å². The van der Waals surface area contributed by atoms with Crippen molar-refractivity contribution in [3.63, 3.8) is 0 Å². The number of hydrogen-bond acceptors (Lipinski definition) is 4. The molecule has 2 aliphatic rings. The molecule has 1 heterocycles. The molecule has 1 aromatic rings. The fourth-order valence-electron chi connectivity index (χ4n) is 3.64. The van der Waals surface area contributed by atoms with Crippen LogP contribution in [0.15, 0.2) is 24.3 Å². The van der Waals surface area contributed by atoms with Crippen molar-refractivity contribution < 1.29 is 40.7 Å². The Labute approximate surface area is 180 Å². The lowest BCUT2D eigenvalue weighted by molar-refractivity contribution is -0.274. The Morgan fingerprint density at radius 1 is 1.09 bits per heavy atom. The topological polar surface area (TPSA) is 70.7 Å². The van der Waals surface area contributed by atoms with Gasteiger partial charge in [0.2, 0.25) is 5.91 Å². The van der Waals surface area contributed by atoms with E-state index in [0.29, 0.717) is 32.5 Å². The van der Waals surface area contributed by atoms with E-state index >= 15 is 0 Å². The lowest BCUT2D eigenvalue weighted by atomic mass is 9.96. The molecule has 6 nitrogen and oxygen atoms in total. The van der Waals surface area contributed by atoms with Crippen LogP contribution in [0.3, 0.4) is 0 Å². The van der Waals surface area contributed by atoms with E-state index in [1.807, 2.05) is 0 Å². The quantitative estimate of drug-likeness (QED) is 0.605. The number of nitrogens with zero attached hydrogens (tertiary/aromatic N) is 1. The Hall–Kier alpha value is -2.50. The highest BCUT2D eigenvalue weighted by molar-refractivity contribution is 5.94. The predicted molar refractivity (Wildman–Crippen MR) is 101 cm³/mol. The molecule has 12 heteroatoms. The van der Waals surface area contributed by atoms with Gasteiger partial charge in [-0.15, -0.1) is 13.2 Å². The number of hydrogen-bond donors (Lipinski definition) is 2. The van der Waals surface area contributed by atoms with Crippen LogP contribution in [-0.2, 0) is 4.79 Å². The molecule has 0 atom stereocenters. The second-order valence-electron chi connectivity index (χ2n) is 8.13. The molecule has 178 valence electrons. The van der Waals surface area contributed by atoms with Gasteiger partial charge in [-0.1, -0.05) is 6.07 Å². The summed E-state index contributed by atoms with van der Waals surface area (Å²) in [5.41, 5.74) is -2.05. The van der Waals surface area contributed by atoms with Crippen molar-refractivity contribution in [3.05, 3.63) is 29.8 Å². The Kier molecular flexibility index (Phi) is 6.91. The molecule has 1 aliphatic carbocycles. The first-order valence-electron chi connectivity index (χ1n) is 10.1. The maximum Gasteiger partial charge on any atom is 0.573 e. The van der Waals surface area contributed by atoms with Gasteiger partial charge in [-0.2, -0.15) is 13.2 Å². The van der Waals surface area contributed by atoms with Crippen LogP contribution in [0, 0.1) is 5.92 Å². The average Bonchev–Trinajstić information content (AvgIpc) is 3.46. The molecule has 0 radical (unpaired) electrons. The van der Waals surface area contributed by atoms with E-state index in [1.165, 1.54) is 12.1 Å². The third kappa shape index (κ3) is 6.50. The zero-order valence-corrected chi connectivity index (χ0v) is 17.0. The number of halogens is 6. The van der Waals surface area contributed by atoms with Crippen molar-refractivity contribution in [1.82, 2.24) is 15.5 Å². The lowest BCUT2D eigenvalue weighted by Crippen LogP contribution is -2.51. The van der Waals surface area contributed by atoms with Gasteiger partial charge in [0.15, 0.2) is 0 Å². The van der Waals surface area contributed by atoms with Gasteiger partial charge >= 0.3 is 12.5 Å². The minimum absolute atomic E-state index is 0.0273. The van der Waals surface area contributed by atoms with Crippen molar-refractivity contribution >= 4 is 11.8 Å². The average molecular weight is 467 g/mol. The Bertz CT molecular complexity index is 831. The zero-order valence-electron chi connectivity index (χ0n) is 17.0. The molecule has 0 aromatic heterocycles. The number of rotatable bonds is 7. The van der Waals surface area contributed by atoms with Gasteiger partial charge in [-0.25, -0.2) is 0 Å². The summed E-state index contributed by atoms with van der Waals surface area (Å²) in [6.45, 7) is 1.15. The van der Waals surface area contributed by atoms with Gasteiger partial charge in [0.05, 0.1) is 6.54 Å². The number of carbonyl (C=O) groups is 2. The minimum Gasteiger partial charge on any atom is -0.406 e. The van der Waals surface area contributed by atoms with Crippen LogP contribution < -0.4 is 15.4 Å². The molecule has 0 unspecified atom stereocenters. The van der Waals surface area contributed by atoms with E-state index in [0.717, 1.165) is 12.1 Å². The monoisotopic (exact) mass is 467 g/mol. The summed E-state index contributed by atoms with van der Waals surface area (Å²) >= 11 is 0. The van der Waals surface area contributed by atoms with Crippen molar-refractivity contribution in [2.75, 3.05) is 26.2 Å². The van der Waals surface area contributed by atoms with Crippen molar-refractivity contribution in [1.29, 1.82) is 0 Å². The summed E-state index contributed by atoms with van der Waals surface area (Å²) in [5, 5.41) is 4.77. The van der Waals surface area contributed by atoms with Crippen LogP contribution in [0.5, 0.6) is 5.75 Å². The van der Waals surface area contributed by atoms with Crippen LogP contribution in [0.2, 0.25) is 0 Å². The Morgan fingerprint density at radius 2 is 1.75 bits per heavy atom. The summed E-state index contributed by atoms with van der Waals surface area (Å²) in [4.78, 5) is 26.0. The molecule has 1 saturated heterocycles. The molecule has 2 fully saturated rings. The number of benzene rings is 1. The van der Waals surface area contributed by atoms with Crippen molar-refractivity contribution in [2.45, 2.75) is 43.8 Å². The van der Waals surface area contributed by atoms with Gasteiger partial charge in [-0.05, 0) is 62.9 Å².